The van der Waals surface area contributed by atoms with Crippen LogP contribution < -0.4 is 5.32 Å². The molecular formula is C15H22FNO2. The molecule has 1 atom stereocenters. The van der Waals surface area contributed by atoms with Crippen LogP contribution in [0.2, 0.25) is 0 Å². The van der Waals surface area contributed by atoms with Gasteiger partial charge < -0.3 is 15.5 Å². The van der Waals surface area contributed by atoms with Gasteiger partial charge in [-0.05, 0) is 18.9 Å². The lowest BCUT2D eigenvalue weighted by atomic mass is 9.87. The first-order valence-corrected chi connectivity index (χ1v) is 6.91. The van der Waals surface area contributed by atoms with E-state index in [2.05, 4.69) is 5.32 Å². The van der Waals surface area contributed by atoms with Crippen LogP contribution in [0, 0.1) is 11.2 Å². The van der Waals surface area contributed by atoms with E-state index in [1.165, 1.54) is 6.07 Å². The van der Waals surface area contributed by atoms with Gasteiger partial charge in [0.25, 0.3) is 0 Å². The van der Waals surface area contributed by atoms with Crippen molar-refractivity contribution < 1.29 is 14.6 Å². The molecule has 1 aliphatic rings. The van der Waals surface area contributed by atoms with Crippen molar-refractivity contribution in [3.05, 3.63) is 35.6 Å². The Balaban J connectivity index is 1.84. The number of halogens is 1. The molecule has 1 fully saturated rings. The van der Waals surface area contributed by atoms with E-state index in [1.807, 2.05) is 0 Å². The van der Waals surface area contributed by atoms with Gasteiger partial charge in [-0.3, -0.25) is 0 Å². The second kappa shape index (κ2) is 6.46. The molecule has 0 radical (unpaired) electrons. The van der Waals surface area contributed by atoms with Crippen LogP contribution in [-0.2, 0) is 0 Å². The highest BCUT2D eigenvalue weighted by Gasteiger charge is 2.32. The maximum atomic E-state index is 13.5. The molecule has 2 rings (SSSR count). The Kier molecular flexibility index (Phi) is 4.91. The second-order valence-electron chi connectivity index (χ2n) is 5.53. The van der Waals surface area contributed by atoms with E-state index in [-0.39, 0.29) is 17.8 Å². The largest absolute Gasteiger partial charge is 0.396 e. The Morgan fingerprint density at radius 1 is 1.26 bits per heavy atom. The zero-order chi connectivity index (χ0) is 13.7. The van der Waals surface area contributed by atoms with Crippen LogP contribution in [0.15, 0.2) is 24.3 Å². The van der Waals surface area contributed by atoms with E-state index in [0.29, 0.717) is 18.7 Å². The Morgan fingerprint density at radius 2 is 1.95 bits per heavy atom. The molecule has 1 unspecified atom stereocenters. The lowest BCUT2D eigenvalue weighted by Gasteiger charge is -2.27. The molecule has 4 heteroatoms. The average Bonchev–Trinajstić information content (AvgIpc) is 2.88. The molecule has 1 saturated carbocycles. The number of benzene rings is 1. The Morgan fingerprint density at radius 3 is 2.58 bits per heavy atom. The van der Waals surface area contributed by atoms with E-state index in [0.717, 1.165) is 25.7 Å². The summed E-state index contributed by atoms with van der Waals surface area (Å²) in [6.07, 6.45) is 3.49. The van der Waals surface area contributed by atoms with E-state index < -0.39 is 6.10 Å². The standard InChI is InChI=1S/C15H22FNO2/c16-13-6-2-1-5-12(13)14(19)9-17-10-15(11-18)7-3-4-8-15/h1-2,5-6,14,17-19H,3-4,7-11H2. The molecule has 0 aromatic heterocycles. The van der Waals surface area contributed by atoms with Crippen molar-refractivity contribution in [3.63, 3.8) is 0 Å². The van der Waals surface area contributed by atoms with Gasteiger partial charge in [0.2, 0.25) is 0 Å². The van der Waals surface area contributed by atoms with Gasteiger partial charge in [0.1, 0.15) is 5.82 Å². The molecule has 0 bridgehead atoms. The van der Waals surface area contributed by atoms with E-state index in [9.17, 15) is 14.6 Å². The number of hydrogen-bond donors (Lipinski definition) is 3. The summed E-state index contributed by atoms with van der Waals surface area (Å²) in [5.74, 6) is -0.380. The van der Waals surface area contributed by atoms with Gasteiger partial charge in [-0.2, -0.15) is 0 Å². The first kappa shape index (κ1) is 14.4. The van der Waals surface area contributed by atoms with Crippen LogP contribution in [0.25, 0.3) is 0 Å². The molecule has 1 aliphatic carbocycles. The van der Waals surface area contributed by atoms with Gasteiger partial charge in [-0.25, -0.2) is 4.39 Å². The van der Waals surface area contributed by atoms with Crippen LogP contribution >= 0.6 is 0 Å². The second-order valence-corrected chi connectivity index (χ2v) is 5.53. The van der Waals surface area contributed by atoms with Crippen molar-refractivity contribution in [2.45, 2.75) is 31.8 Å². The molecule has 1 aromatic carbocycles. The fraction of sp³-hybridized carbons (Fsp3) is 0.600. The van der Waals surface area contributed by atoms with Gasteiger partial charge in [0, 0.05) is 30.7 Å². The lowest BCUT2D eigenvalue weighted by molar-refractivity contribution is 0.116. The van der Waals surface area contributed by atoms with Crippen molar-refractivity contribution >= 4 is 0 Å². The molecule has 0 saturated heterocycles. The number of nitrogens with one attached hydrogen (secondary N) is 1. The quantitative estimate of drug-likeness (QED) is 0.739. The first-order valence-electron chi connectivity index (χ1n) is 6.91. The highest BCUT2D eigenvalue weighted by Crippen LogP contribution is 2.36. The minimum atomic E-state index is -0.849. The normalized spacial score (nSPS) is 19.5. The van der Waals surface area contributed by atoms with Gasteiger partial charge in [-0.15, -0.1) is 0 Å². The van der Waals surface area contributed by atoms with Crippen LogP contribution in [0.5, 0.6) is 0 Å². The van der Waals surface area contributed by atoms with E-state index in [1.54, 1.807) is 18.2 Å². The molecular weight excluding hydrogens is 245 g/mol. The summed E-state index contributed by atoms with van der Waals surface area (Å²) in [6.45, 7) is 1.16. The predicted octanol–water partition coefficient (Wildman–Crippen LogP) is 2.00. The summed E-state index contributed by atoms with van der Waals surface area (Å²) in [6, 6.07) is 6.27. The monoisotopic (exact) mass is 267 g/mol. The van der Waals surface area contributed by atoms with E-state index >= 15 is 0 Å². The molecule has 0 amide bonds. The number of hydrogen-bond acceptors (Lipinski definition) is 3. The Hall–Kier alpha value is -0.970. The fourth-order valence-electron chi connectivity index (χ4n) is 2.85. The van der Waals surface area contributed by atoms with Gasteiger partial charge in [-0.1, -0.05) is 31.0 Å². The third kappa shape index (κ3) is 3.53. The first-order chi connectivity index (χ1) is 9.17. The van der Waals surface area contributed by atoms with Crippen molar-refractivity contribution in [2.75, 3.05) is 19.7 Å². The molecule has 0 spiro atoms. The van der Waals surface area contributed by atoms with Gasteiger partial charge >= 0.3 is 0 Å². The summed E-state index contributed by atoms with van der Waals surface area (Å²) in [5.41, 5.74) is 0.272. The summed E-state index contributed by atoms with van der Waals surface area (Å²) >= 11 is 0. The number of rotatable bonds is 6. The lowest BCUT2D eigenvalue weighted by Crippen LogP contribution is -2.37. The highest BCUT2D eigenvalue weighted by molar-refractivity contribution is 5.19. The van der Waals surface area contributed by atoms with Crippen LogP contribution in [0.3, 0.4) is 0 Å². The van der Waals surface area contributed by atoms with Crippen molar-refractivity contribution in [2.24, 2.45) is 5.41 Å². The third-order valence-electron chi connectivity index (χ3n) is 4.10. The van der Waals surface area contributed by atoms with Gasteiger partial charge in [0.05, 0.1) is 6.10 Å². The fourth-order valence-corrected chi connectivity index (χ4v) is 2.85. The molecule has 0 heterocycles. The molecule has 3 N–H and O–H groups in total. The third-order valence-corrected chi connectivity index (χ3v) is 4.10. The summed E-state index contributed by atoms with van der Waals surface area (Å²) in [4.78, 5) is 0. The number of aliphatic hydroxyl groups excluding tert-OH is 2. The molecule has 1 aromatic rings. The molecule has 0 aliphatic heterocycles. The van der Waals surface area contributed by atoms with Crippen LogP contribution in [0.1, 0.15) is 37.4 Å². The summed E-state index contributed by atoms with van der Waals surface area (Å²) < 4.78 is 13.5. The molecule has 106 valence electrons. The van der Waals surface area contributed by atoms with E-state index in [4.69, 9.17) is 0 Å². The van der Waals surface area contributed by atoms with Crippen LogP contribution in [-0.4, -0.2) is 29.9 Å². The SMILES string of the molecule is OCC1(CNCC(O)c2ccccc2F)CCCC1. The van der Waals surface area contributed by atoms with Crippen molar-refractivity contribution in [3.8, 4) is 0 Å². The van der Waals surface area contributed by atoms with Crippen molar-refractivity contribution in [1.82, 2.24) is 5.32 Å². The maximum Gasteiger partial charge on any atom is 0.129 e. The maximum absolute atomic E-state index is 13.5. The smallest absolute Gasteiger partial charge is 0.129 e. The summed E-state index contributed by atoms with van der Waals surface area (Å²) in [5, 5.41) is 22.6. The minimum Gasteiger partial charge on any atom is -0.396 e. The zero-order valence-corrected chi connectivity index (χ0v) is 11.1. The van der Waals surface area contributed by atoms with Crippen molar-refractivity contribution in [1.29, 1.82) is 0 Å². The molecule has 19 heavy (non-hydrogen) atoms. The Bertz CT molecular complexity index is 405. The number of aliphatic hydroxyl groups is 2. The van der Waals surface area contributed by atoms with Gasteiger partial charge in [0.15, 0.2) is 0 Å². The van der Waals surface area contributed by atoms with Crippen LogP contribution in [0.4, 0.5) is 4.39 Å². The minimum absolute atomic E-state index is 0.0467. The average molecular weight is 267 g/mol. The predicted molar refractivity (Wildman–Crippen MR) is 72.2 cm³/mol. The molecule has 3 nitrogen and oxygen atoms in total. The Labute approximate surface area is 113 Å². The zero-order valence-electron chi connectivity index (χ0n) is 11.1. The summed E-state index contributed by atoms with van der Waals surface area (Å²) in [7, 11) is 0. The highest BCUT2D eigenvalue weighted by atomic mass is 19.1. The topological polar surface area (TPSA) is 52.5 Å².